The Balaban J connectivity index is 1.41. The summed E-state index contributed by atoms with van der Waals surface area (Å²) in [6.07, 6.45) is 0. The summed E-state index contributed by atoms with van der Waals surface area (Å²) in [7, 11) is 0. The second kappa shape index (κ2) is 9.21. The molecule has 0 saturated carbocycles. The van der Waals surface area contributed by atoms with E-state index in [1.54, 1.807) is 23.5 Å². The second-order valence-corrected chi connectivity index (χ2v) is 10.2. The Hall–Kier alpha value is -2.43. The highest BCUT2D eigenvalue weighted by atomic mass is 35.5. The molecule has 11 heteroatoms. The lowest BCUT2D eigenvalue weighted by molar-refractivity contribution is -0.384. The predicted molar refractivity (Wildman–Crippen MR) is 129 cm³/mol. The third-order valence-electron chi connectivity index (χ3n) is 5.55. The highest BCUT2D eigenvalue weighted by molar-refractivity contribution is 8.00. The highest BCUT2D eigenvalue weighted by Crippen LogP contribution is 2.35. The van der Waals surface area contributed by atoms with Crippen molar-refractivity contribution in [3.63, 3.8) is 0 Å². The van der Waals surface area contributed by atoms with Gasteiger partial charge in [-0.25, -0.2) is 9.97 Å². The fraction of sp³-hybridized carbons (Fsp3) is 0.381. The minimum atomic E-state index is -0.423. The molecule has 0 spiro atoms. The number of thiophene rings is 1. The molecule has 1 aromatic carbocycles. The van der Waals surface area contributed by atoms with Gasteiger partial charge in [-0.3, -0.25) is 14.9 Å². The highest BCUT2D eigenvalue weighted by Gasteiger charge is 2.26. The first-order chi connectivity index (χ1) is 15.2. The van der Waals surface area contributed by atoms with Crippen LogP contribution in [0.25, 0.3) is 10.2 Å². The Morgan fingerprint density at radius 2 is 1.94 bits per heavy atom. The number of thioether (sulfide) groups is 1. The number of rotatable bonds is 5. The number of carbonyl (C=O) groups excluding carboxylic acids is 1. The van der Waals surface area contributed by atoms with Gasteiger partial charge in [-0.05, 0) is 38.5 Å². The average molecular weight is 492 g/mol. The van der Waals surface area contributed by atoms with Crippen LogP contribution in [0, 0.1) is 30.9 Å². The third-order valence-corrected chi connectivity index (χ3v) is 7.84. The number of aryl methyl sites for hydroxylation is 3. The molecule has 8 nitrogen and oxygen atoms in total. The fourth-order valence-corrected chi connectivity index (χ4v) is 6.09. The summed E-state index contributed by atoms with van der Waals surface area (Å²) in [5.74, 6) is 1.03. The number of amides is 1. The Morgan fingerprint density at radius 1 is 1.22 bits per heavy atom. The van der Waals surface area contributed by atoms with E-state index in [1.165, 1.54) is 22.7 Å². The summed E-state index contributed by atoms with van der Waals surface area (Å²) >= 11 is 9.02. The summed E-state index contributed by atoms with van der Waals surface area (Å²) in [6, 6.07) is 4.68. The van der Waals surface area contributed by atoms with E-state index in [0.29, 0.717) is 48.5 Å². The van der Waals surface area contributed by atoms with Gasteiger partial charge in [0.25, 0.3) is 5.69 Å². The van der Waals surface area contributed by atoms with Crippen molar-refractivity contribution in [1.82, 2.24) is 14.9 Å². The number of fused-ring (bicyclic) bond motifs is 1. The van der Waals surface area contributed by atoms with Crippen molar-refractivity contribution < 1.29 is 9.72 Å². The summed E-state index contributed by atoms with van der Waals surface area (Å²) in [5, 5.41) is 13.6. The SMILES string of the molecule is Cc1nc(SCC(=O)N2CCN(c3ccc(Cl)cc3[N+](=O)[O-])CC2)c2c(C)c(C)sc2n1. The van der Waals surface area contributed by atoms with Gasteiger partial charge in [-0.1, -0.05) is 23.4 Å². The van der Waals surface area contributed by atoms with Crippen LogP contribution in [-0.2, 0) is 4.79 Å². The van der Waals surface area contributed by atoms with Gasteiger partial charge in [0.1, 0.15) is 21.4 Å². The number of piperazine rings is 1. The molecule has 0 atom stereocenters. The fourth-order valence-electron chi connectivity index (χ4n) is 3.75. The zero-order chi connectivity index (χ0) is 23.0. The smallest absolute Gasteiger partial charge is 0.294 e. The van der Waals surface area contributed by atoms with E-state index in [9.17, 15) is 14.9 Å². The lowest BCUT2D eigenvalue weighted by Gasteiger charge is -2.35. The van der Waals surface area contributed by atoms with E-state index in [-0.39, 0.29) is 11.6 Å². The number of hydrogen-bond donors (Lipinski definition) is 0. The molecular formula is C21H22ClN5O3S2. The number of halogens is 1. The van der Waals surface area contributed by atoms with Crippen molar-refractivity contribution >= 4 is 62.2 Å². The normalized spacial score (nSPS) is 14.2. The van der Waals surface area contributed by atoms with Gasteiger partial charge in [0.2, 0.25) is 5.91 Å². The van der Waals surface area contributed by atoms with Crippen molar-refractivity contribution in [1.29, 1.82) is 0 Å². The van der Waals surface area contributed by atoms with Crippen LogP contribution in [-0.4, -0.2) is 57.6 Å². The topological polar surface area (TPSA) is 92.5 Å². The van der Waals surface area contributed by atoms with Gasteiger partial charge in [-0.15, -0.1) is 11.3 Å². The van der Waals surface area contributed by atoms with Crippen molar-refractivity contribution in [2.75, 3.05) is 36.8 Å². The number of nitrogens with zero attached hydrogens (tertiary/aromatic N) is 5. The summed E-state index contributed by atoms with van der Waals surface area (Å²) in [6.45, 7) is 8.07. The number of benzene rings is 1. The molecule has 1 aliphatic rings. The molecule has 0 aliphatic carbocycles. The van der Waals surface area contributed by atoms with Gasteiger partial charge in [-0.2, -0.15) is 0 Å². The molecule has 0 bridgehead atoms. The maximum absolute atomic E-state index is 12.9. The van der Waals surface area contributed by atoms with Crippen LogP contribution in [0.1, 0.15) is 16.3 Å². The Bertz CT molecular complexity index is 1210. The summed E-state index contributed by atoms with van der Waals surface area (Å²) < 4.78 is 0. The van der Waals surface area contributed by atoms with E-state index in [2.05, 4.69) is 23.8 Å². The molecule has 168 valence electrons. The standard InChI is InChI=1S/C21H22ClN5O3S2/c1-12-13(2)32-21-19(12)20(23-14(3)24-21)31-11-18(28)26-8-6-25(7-9-26)16-5-4-15(22)10-17(16)27(29)30/h4-5,10H,6-9,11H2,1-3H3. The van der Waals surface area contributed by atoms with Gasteiger partial charge >= 0.3 is 0 Å². The molecule has 1 fully saturated rings. The van der Waals surface area contributed by atoms with Crippen molar-refractivity contribution in [2.24, 2.45) is 0 Å². The largest absolute Gasteiger partial charge is 0.362 e. The lowest BCUT2D eigenvalue weighted by Crippen LogP contribution is -2.49. The van der Waals surface area contributed by atoms with Gasteiger partial charge in [0.05, 0.1) is 10.7 Å². The van der Waals surface area contributed by atoms with Gasteiger partial charge < -0.3 is 9.80 Å². The van der Waals surface area contributed by atoms with E-state index in [4.69, 9.17) is 11.6 Å². The Labute approximate surface area is 198 Å². The Morgan fingerprint density at radius 3 is 2.62 bits per heavy atom. The minimum absolute atomic E-state index is 0.0163. The molecule has 4 rings (SSSR count). The number of anilines is 1. The van der Waals surface area contributed by atoms with E-state index >= 15 is 0 Å². The third kappa shape index (κ3) is 4.53. The Kier molecular flexibility index (Phi) is 6.55. The minimum Gasteiger partial charge on any atom is -0.362 e. The van der Waals surface area contributed by atoms with E-state index in [1.807, 2.05) is 16.7 Å². The number of nitro benzene ring substituents is 1. The molecule has 32 heavy (non-hydrogen) atoms. The summed E-state index contributed by atoms with van der Waals surface area (Å²) in [5.41, 5.74) is 1.68. The van der Waals surface area contributed by atoms with Crippen molar-refractivity contribution in [3.05, 3.63) is 49.6 Å². The van der Waals surface area contributed by atoms with Crippen LogP contribution in [0.15, 0.2) is 23.2 Å². The van der Waals surface area contributed by atoms with Crippen LogP contribution >= 0.6 is 34.7 Å². The molecule has 1 aliphatic heterocycles. The predicted octanol–water partition coefficient (Wildman–Crippen LogP) is 4.62. The first kappa shape index (κ1) is 22.8. The molecule has 3 aromatic rings. The maximum atomic E-state index is 12.9. The molecule has 1 saturated heterocycles. The monoisotopic (exact) mass is 491 g/mol. The quantitative estimate of drug-likeness (QED) is 0.222. The number of nitro groups is 1. The second-order valence-electron chi connectivity index (χ2n) is 7.59. The van der Waals surface area contributed by atoms with Crippen LogP contribution in [0.4, 0.5) is 11.4 Å². The first-order valence-corrected chi connectivity index (χ1v) is 12.3. The molecular weight excluding hydrogens is 470 g/mol. The van der Waals surface area contributed by atoms with Gasteiger partial charge in [0.15, 0.2) is 0 Å². The van der Waals surface area contributed by atoms with Crippen molar-refractivity contribution in [2.45, 2.75) is 25.8 Å². The molecule has 3 heterocycles. The average Bonchev–Trinajstić information content (AvgIpc) is 3.05. The molecule has 0 N–H and O–H groups in total. The first-order valence-electron chi connectivity index (χ1n) is 10.1. The van der Waals surface area contributed by atoms with Crippen LogP contribution in [0.5, 0.6) is 0 Å². The maximum Gasteiger partial charge on any atom is 0.294 e. The number of carbonyl (C=O) groups is 1. The zero-order valence-corrected chi connectivity index (χ0v) is 20.3. The van der Waals surface area contributed by atoms with Crippen LogP contribution in [0.3, 0.4) is 0 Å². The lowest BCUT2D eigenvalue weighted by atomic mass is 10.2. The zero-order valence-electron chi connectivity index (χ0n) is 17.9. The molecule has 0 radical (unpaired) electrons. The molecule has 1 amide bonds. The molecule has 0 unspecified atom stereocenters. The molecule has 2 aromatic heterocycles. The number of aromatic nitrogens is 2. The van der Waals surface area contributed by atoms with Crippen LogP contribution in [0.2, 0.25) is 5.02 Å². The summed E-state index contributed by atoms with van der Waals surface area (Å²) in [4.78, 5) is 38.9. The van der Waals surface area contributed by atoms with Gasteiger partial charge in [0, 0.05) is 47.5 Å². The van der Waals surface area contributed by atoms with Crippen LogP contribution < -0.4 is 4.90 Å². The van der Waals surface area contributed by atoms with Crippen molar-refractivity contribution in [3.8, 4) is 0 Å². The van der Waals surface area contributed by atoms with E-state index in [0.717, 1.165) is 20.8 Å². The van der Waals surface area contributed by atoms with E-state index < -0.39 is 4.92 Å². The number of hydrogen-bond acceptors (Lipinski definition) is 8.